The van der Waals surface area contributed by atoms with Crippen LogP contribution in [-0.2, 0) is 32.6 Å². The number of aromatic amines is 1. The van der Waals surface area contributed by atoms with E-state index in [1.165, 1.54) is 18.6 Å². The zero-order valence-corrected chi connectivity index (χ0v) is 18.2. The molecule has 2 N–H and O–H groups in total. The van der Waals surface area contributed by atoms with E-state index in [1.807, 2.05) is 0 Å². The summed E-state index contributed by atoms with van der Waals surface area (Å²) in [5.41, 5.74) is 1.70. The third-order valence-electron chi connectivity index (χ3n) is 5.21. The quantitative estimate of drug-likeness (QED) is 0.439. The van der Waals surface area contributed by atoms with E-state index in [9.17, 15) is 18.3 Å². The van der Waals surface area contributed by atoms with Crippen LogP contribution in [0.1, 0.15) is 22.7 Å². The lowest BCUT2D eigenvalue weighted by Crippen LogP contribution is -2.33. The van der Waals surface area contributed by atoms with Crippen LogP contribution in [0.2, 0.25) is 0 Å². The molecule has 0 aliphatic carbocycles. The van der Waals surface area contributed by atoms with Crippen LogP contribution in [0.4, 0.5) is 0 Å². The van der Waals surface area contributed by atoms with Gasteiger partial charge in [0.25, 0.3) is 10.0 Å². The van der Waals surface area contributed by atoms with Gasteiger partial charge >= 0.3 is 0 Å². The second-order valence-electron chi connectivity index (χ2n) is 7.22. The van der Waals surface area contributed by atoms with Crippen molar-refractivity contribution in [1.82, 2.24) is 24.3 Å². The van der Waals surface area contributed by atoms with Gasteiger partial charge < -0.3 is 19.5 Å². The van der Waals surface area contributed by atoms with Gasteiger partial charge in [-0.25, -0.2) is 0 Å². The number of aromatic nitrogens is 4. The van der Waals surface area contributed by atoms with Crippen LogP contribution < -0.4 is 4.74 Å². The molecule has 32 heavy (non-hydrogen) atoms. The molecule has 12 heteroatoms. The largest absolute Gasteiger partial charge is 0.491 e. The highest BCUT2D eigenvalue weighted by Crippen LogP contribution is 2.31. The Morgan fingerprint density at radius 2 is 2.09 bits per heavy atom. The number of benzene rings is 1. The van der Waals surface area contributed by atoms with E-state index in [-0.39, 0.29) is 23.9 Å². The molecule has 1 aliphatic rings. The summed E-state index contributed by atoms with van der Waals surface area (Å²) in [6, 6.07) is 7.05. The summed E-state index contributed by atoms with van der Waals surface area (Å²) in [4.78, 5) is 14.8. The normalized spacial score (nSPS) is 14.4. The molecule has 4 rings (SSSR count). The number of amides is 1. The third-order valence-corrected chi connectivity index (χ3v) is 6.71. The zero-order valence-electron chi connectivity index (χ0n) is 17.3. The first-order valence-corrected chi connectivity index (χ1v) is 11.3. The maximum Gasteiger partial charge on any atom is 0.286 e. The summed E-state index contributed by atoms with van der Waals surface area (Å²) in [7, 11) is -2.28. The zero-order chi connectivity index (χ0) is 22.7. The summed E-state index contributed by atoms with van der Waals surface area (Å²) in [6.07, 6.45) is 3.88. The first-order valence-electron chi connectivity index (χ1n) is 9.87. The maximum absolute atomic E-state index is 13.2. The molecule has 170 valence electrons. The van der Waals surface area contributed by atoms with Crippen molar-refractivity contribution in [3.8, 4) is 5.75 Å². The third kappa shape index (κ3) is 4.11. The van der Waals surface area contributed by atoms with E-state index < -0.39 is 22.5 Å². The van der Waals surface area contributed by atoms with E-state index in [4.69, 9.17) is 9.47 Å². The number of hydrogen-bond donors (Lipinski definition) is 2. The number of aliphatic hydroxyl groups excluding tert-OH is 1. The van der Waals surface area contributed by atoms with Gasteiger partial charge in [-0.15, -0.1) is 0 Å². The number of fused-ring (bicyclic) bond motifs is 1. The van der Waals surface area contributed by atoms with Crippen LogP contribution in [0.25, 0.3) is 0 Å². The van der Waals surface area contributed by atoms with Gasteiger partial charge in [-0.3, -0.25) is 9.89 Å². The number of nitrogens with zero attached hydrogens (tertiary/aromatic N) is 4. The minimum Gasteiger partial charge on any atom is -0.491 e. The molecule has 0 saturated carbocycles. The molecule has 1 aliphatic heterocycles. The molecule has 1 atom stereocenters. The van der Waals surface area contributed by atoms with Gasteiger partial charge in [0.05, 0.1) is 37.6 Å². The first-order chi connectivity index (χ1) is 15.5. The van der Waals surface area contributed by atoms with Crippen molar-refractivity contribution in [2.45, 2.75) is 23.9 Å². The number of H-pyrrole nitrogens is 1. The summed E-state index contributed by atoms with van der Waals surface area (Å²) in [5, 5.41) is 20.3. The van der Waals surface area contributed by atoms with Crippen molar-refractivity contribution in [3.63, 3.8) is 0 Å². The number of nitrogens with one attached hydrogen (secondary N) is 1. The molecular formula is C20H23N5O6S. The van der Waals surface area contributed by atoms with E-state index in [0.29, 0.717) is 35.8 Å². The van der Waals surface area contributed by atoms with E-state index >= 15 is 0 Å². The number of carbonyl (C=O) groups is 1. The number of hydrogen-bond acceptors (Lipinski definition) is 8. The number of aliphatic hydroxyl groups is 1. The fourth-order valence-electron chi connectivity index (χ4n) is 3.56. The van der Waals surface area contributed by atoms with Crippen molar-refractivity contribution in [3.05, 3.63) is 59.7 Å². The summed E-state index contributed by atoms with van der Waals surface area (Å²) in [6.45, 7) is 0.647. The second kappa shape index (κ2) is 9.10. The van der Waals surface area contributed by atoms with Gasteiger partial charge in [0.2, 0.25) is 5.91 Å². The highest BCUT2D eigenvalue weighted by Gasteiger charge is 2.34. The molecule has 3 heterocycles. The maximum atomic E-state index is 13.2. The van der Waals surface area contributed by atoms with Crippen LogP contribution in [0.5, 0.6) is 5.75 Å². The van der Waals surface area contributed by atoms with Gasteiger partial charge in [-0.2, -0.15) is 22.7 Å². The van der Waals surface area contributed by atoms with Crippen LogP contribution in [-0.4, -0.2) is 70.6 Å². The fraction of sp³-hybridized carbons (Fsp3) is 0.350. The Bertz CT molecular complexity index is 1170. The van der Waals surface area contributed by atoms with Crippen molar-refractivity contribution >= 4 is 15.9 Å². The minimum atomic E-state index is -3.85. The number of methoxy groups -OCH3 is 1. The molecule has 0 radical (unpaired) electrons. The molecule has 0 saturated heterocycles. The second-order valence-corrected chi connectivity index (χ2v) is 9.02. The Labute approximate surface area is 184 Å². The topological polar surface area (TPSA) is 140 Å². The Hall–Kier alpha value is -3.22. The first kappa shape index (κ1) is 22.0. The summed E-state index contributed by atoms with van der Waals surface area (Å²) < 4.78 is 36.8. The minimum absolute atomic E-state index is 0.00275. The molecule has 1 aromatic carbocycles. The van der Waals surface area contributed by atoms with Crippen LogP contribution >= 0.6 is 0 Å². The van der Waals surface area contributed by atoms with Crippen molar-refractivity contribution < 1.29 is 27.8 Å². The molecule has 0 fully saturated rings. The van der Waals surface area contributed by atoms with Gasteiger partial charge in [0.15, 0.2) is 0 Å². The number of carbonyl (C=O) groups excluding carboxylic acids is 1. The van der Waals surface area contributed by atoms with Crippen LogP contribution in [0.15, 0.2) is 47.8 Å². The number of ether oxygens (including phenoxy) is 2. The predicted octanol–water partition coefficient (Wildman–Crippen LogP) is 0.487. The van der Waals surface area contributed by atoms with Crippen molar-refractivity contribution in [2.75, 3.05) is 26.9 Å². The van der Waals surface area contributed by atoms with Gasteiger partial charge in [-0.1, -0.05) is 18.2 Å². The number of rotatable bonds is 9. The highest BCUT2D eigenvalue weighted by molar-refractivity contribution is 7.89. The fourth-order valence-corrected chi connectivity index (χ4v) is 4.63. The summed E-state index contributed by atoms with van der Waals surface area (Å²) >= 11 is 0. The average molecular weight is 462 g/mol. The highest BCUT2D eigenvalue weighted by atomic mass is 32.2. The van der Waals surface area contributed by atoms with Crippen molar-refractivity contribution in [2.24, 2.45) is 0 Å². The van der Waals surface area contributed by atoms with E-state index in [2.05, 4.69) is 15.3 Å². The van der Waals surface area contributed by atoms with Crippen LogP contribution in [0, 0.1) is 0 Å². The Kier molecular flexibility index (Phi) is 6.26. The smallest absolute Gasteiger partial charge is 0.286 e. The Balaban J connectivity index is 1.51. The molecule has 0 bridgehead atoms. The number of para-hydroxylation sites is 1. The Morgan fingerprint density at radius 1 is 1.28 bits per heavy atom. The molecule has 2 aromatic heterocycles. The van der Waals surface area contributed by atoms with Crippen LogP contribution in [0.3, 0.4) is 0 Å². The monoisotopic (exact) mass is 461 g/mol. The molecular weight excluding hydrogens is 438 g/mol. The van der Waals surface area contributed by atoms with Gasteiger partial charge in [0, 0.05) is 37.2 Å². The molecule has 3 aromatic rings. The average Bonchev–Trinajstić information content (AvgIpc) is 3.52. The lowest BCUT2D eigenvalue weighted by atomic mass is 9.97. The van der Waals surface area contributed by atoms with E-state index in [1.54, 1.807) is 36.3 Å². The van der Waals surface area contributed by atoms with Crippen molar-refractivity contribution in [1.29, 1.82) is 0 Å². The lowest BCUT2D eigenvalue weighted by Gasteiger charge is -2.24. The summed E-state index contributed by atoms with van der Waals surface area (Å²) in [5.74, 6) is -0.609. The molecule has 0 unspecified atom stereocenters. The molecule has 0 spiro atoms. The predicted molar refractivity (Wildman–Crippen MR) is 111 cm³/mol. The van der Waals surface area contributed by atoms with Gasteiger partial charge in [0.1, 0.15) is 17.3 Å². The SMILES string of the molecule is COCCOc1ccccc1[C@H](CO)C(=O)N1Cc2cn(S(=O)(=O)c3cn[nH]c3)nc2C1. The van der Waals surface area contributed by atoms with E-state index in [0.717, 1.165) is 4.09 Å². The standard InChI is InChI=1S/C20H23N5O6S/c1-30-6-7-31-19-5-3-2-4-16(19)17(13-26)20(27)24-10-14-11-25(23-18(14)12-24)32(28,29)15-8-21-22-9-15/h2-5,8-9,11,17,26H,6-7,10,12-13H2,1H3,(H,21,22)/t17-/m0/s1. The molecule has 11 nitrogen and oxygen atoms in total. The lowest BCUT2D eigenvalue weighted by molar-refractivity contribution is -0.134. The molecule has 1 amide bonds. The Morgan fingerprint density at radius 3 is 2.78 bits per heavy atom. The van der Waals surface area contributed by atoms with Gasteiger partial charge in [-0.05, 0) is 6.07 Å².